The summed E-state index contributed by atoms with van der Waals surface area (Å²) in [6, 6.07) is 10.5. The number of hydrogen-bond acceptors (Lipinski definition) is 4. The molecule has 20 heavy (non-hydrogen) atoms. The average Bonchev–Trinajstić information content (AvgIpc) is 2.84. The lowest BCUT2D eigenvalue weighted by Crippen LogP contribution is -2.22. The summed E-state index contributed by atoms with van der Waals surface area (Å²) in [5, 5.41) is 8.83. The highest BCUT2D eigenvalue weighted by atomic mass is 32.2. The molecular formula is C14H17NO3S2. The minimum atomic E-state index is -3.49. The second-order valence-electron chi connectivity index (χ2n) is 4.45. The Bertz CT molecular complexity index is 660. The van der Waals surface area contributed by atoms with Crippen LogP contribution in [0, 0.1) is 6.92 Å². The summed E-state index contributed by atoms with van der Waals surface area (Å²) in [7, 11) is -3.49. The summed E-state index contributed by atoms with van der Waals surface area (Å²) in [4.78, 5) is 2.39. The molecular weight excluding hydrogens is 294 g/mol. The molecule has 0 aliphatic heterocycles. The average molecular weight is 311 g/mol. The predicted molar refractivity (Wildman–Crippen MR) is 80.3 cm³/mol. The highest BCUT2D eigenvalue weighted by molar-refractivity contribution is 7.89. The van der Waals surface area contributed by atoms with Crippen molar-refractivity contribution < 1.29 is 13.5 Å². The van der Waals surface area contributed by atoms with Crippen molar-refractivity contribution in [2.24, 2.45) is 0 Å². The van der Waals surface area contributed by atoms with Gasteiger partial charge in [-0.3, -0.25) is 0 Å². The van der Waals surface area contributed by atoms with Gasteiger partial charge in [0, 0.05) is 22.9 Å². The molecule has 0 atom stereocenters. The standard InChI is InChI=1S/C14H17NO3S2/c1-11-2-5-13(19-11)10-15-20(17,18)14-6-3-12(4-7-14)8-9-16/h2-7,15-16H,8-10H2,1H3. The van der Waals surface area contributed by atoms with E-state index >= 15 is 0 Å². The maximum absolute atomic E-state index is 12.1. The second-order valence-corrected chi connectivity index (χ2v) is 7.59. The molecule has 2 N–H and O–H groups in total. The Hall–Kier alpha value is -1.21. The van der Waals surface area contributed by atoms with E-state index in [0.717, 1.165) is 15.3 Å². The van der Waals surface area contributed by atoms with E-state index in [1.807, 2.05) is 19.1 Å². The molecule has 0 aliphatic carbocycles. The Morgan fingerprint density at radius 3 is 2.40 bits per heavy atom. The number of thiophene rings is 1. The van der Waals surface area contributed by atoms with Gasteiger partial charge in [-0.2, -0.15) is 0 Å². The van der Waals surface area contributed by atoms with Gasteiger partial charge in [0.15, 0.2) is 0 Å². The Balaban J connectivity index is 2.05. The van der Waals surface area contributed by atoms with Crippen LogP contribution in [0.2, 0.25) is 0 Å². The summed E-state index contributed by atoms with van der Waals surface area (Å²) in [5.41, 5.74) is 0.917. The SMILES string of the molecule is Cc1ccc(CNS(=O)(=O)c2ccc(CCO)cc2)s1. The number of nitrogens with one attached hydrogen (secondary N) is 1. The summed E-state index contributed by atoms with van der Waals surface area (Å²) in [6.07, 6.45) is 0.530. The lowest BCUT2D eigenvalue weighted by atomic mass is 10.2. The second kappa shape index (κ2) is 6.49. The number of aliphatic hydroxyl groups is 1. The molecule has 0 radical (unpaired) electrons. The zero-order valence-electron chi connectivity index (χ0n) is 11.2. The predicted octanol–water partition coefficient (Wildman–Crippen LogP) is 2.07. The van der Waals surface area contributed by atoms with Gasteiger partial charge in [0.25, 0.3) is 0 Å². The molecule has 0 amide bonds. The topological polar surface area (TPSA) is 66.4 Å². The van der Waals surface area contributed by atoms with Crippen LogP contribution in [0.3, 0.4) is 0 Å². The van der Waals surface area contributed by atoms with Gasteiger partial charge >= 0.3 is 0 Å². The van der Waals surface area contributed by atoms with Gasteiger partial charge in [-0.15, -0.1) is 11.3 Å². The molecule has 0 saturated heterocycles. The summed E-state index contributed by atoms with van der Waals surface area (Å²) in [6.45, 7) is 2.35. The third-order valence-corrected chi connectivity index (χ3v) is 5.28. The Labute approximate surface area is 123 Å². The fraction of sp³-hybridized carbons (Fsp3) is 0.286. The Morgan fingerprint density at radius 1 is 1.15 bits per heavy atom. The third kappa shape index (κ3) is 3.89. The van der Waals surface area contributed by atoms with Crippen LogP contribution < -0.4 is 4.72 Å². The van der Waals surface area contributed by atoms with Gasteiger partial charge in [-0.1, -0.05) is 12.1 Å². The lowest BCUT2D eigenvalue weighted by Gasteiger charge is -2.06. The van der Waals surface area contributed by atoms with Gasteiger partial charge in [0.05, 0.1) is 4.90 Å². The molecule has 0 aliphatic rings. The molecule has 2 rings (SSSR count). The maximum atomic E-state index is 12.1. The molecule has 0 saturated carbocycles. The highest BCUT2D eigenvalue weighted by Crippen LogP contribution is 2.16. The quantitative estimate of drug-likeness (QED) is 0.858. The Kier molecular flexibility index (Phi) is 4.93. The monoisotopic (exact) mass is 311 g/mol. The fourth-order valence-corrected chi connectivity index (χ4v) is 3.72. The highest BCUT2D eigenvalue weighted by Gasteiger charge is 2.13. The third-order valence-electron chi connectivity index (χ3n) is 2.87. The van der Waals surface area contributed by atoms with Gasteiger partial charge < -0.3 is 5.11 Å². The van der Waals surface area contributed by atoms with Gasteiger partial charge in [-0.25, -0.2) is 13.1 Å². The van der Waals surface area contributed by atoms with Gasteiger partial charge in [-0.05, 0) is 43.2 Å². The molecule has 6 heteroatoms. The zero-order valence-corrected chi connectivity index (χ0v) is 12.8. The first-order valence-corrected chi connectivity index (χ1v) is 8.56. The van der Waals surface area contributed by atoms with E-state index in [0.29, 0.717) is 13.0 Å². The number of rotatable bonds is 6. The fourth-order valence-electron chi connectivity index (χ4n) is 1.79. The normalized spacial score (nSPS) is 11.7. The van der Waals surface area contributed by atoms with E-state index < -0.39 is 10.0 Å². The van der Waals surface area contributed by atoms with Gasteiger partial charge in [0.2, 0.25) is 10.0 Å². The van der Waals surface area contributed by atoms with E-state index in [2.05, 4.69) is 4.72 Å². The largest absolute Gasteiger partial charge is 0.396 e. The van der Waals surface area contributed by atoms with Crippen LogP contribution >= 0.6 is 11.3 Å². The first-order valence-electron chi connectivity index (χ1n) is 6.26. The van der Waals surface area contributed by atoms with Crippen molar-refractivity contribution in [3.05, 3.63) is 51.7 Å². The first-order chi connectivity index (χ1) is 9.51. The van der Waals surface area contributed by atoms with Crippen LogP contribution in [0.4, 0.5) is 0 Å². The van der Waals surface area contributed by atoms with Crippen LogP contribution in [0.25, 0.3) is 0 Å². The minimum Gasteiger partial charge on any atom is -0.396 e. The van der Waals surface area contributed by atoms with Crippen molar-refractivity contribution >= 4 is 21.4 Å². The Morgan fingerprint density at radius 2 is 1.85 bits per heavy atom. The number of hydrogen-bond donors (Lipinski definition) is 2. The van der Waals surface area contributed by atoms with Crippen molar-refractivity contribution in [3.8, 4) is 0 Å². The molecule has 1 aromatic heterocycles. The molecule has 0 unspecified atom stereocenters. The van der Waals surface area contributed by atoms with Crippen LogP contribution in [-0.2, 0) is 23.0 Å². The lowest BCUT2D eigenvalue weighted by molar-refractivity contribution is 0.299. The molecule has 0 fully saturated rings. The van der Waals surface area contributed by atoms with Gasteiger partial charge in [0.1, 0.15) is 0 Å². The zero-order chi connectivity index (χ0) is 14.6. The molecule has 1 heterocycles. The van der Waals surface area contributed by atoms with Crippen molar-refractivity contribution in [1.82, 2.24) is 4.72 Å². The van der Waals surface area contributed by atoms with Crippen molar-refractivity contribution in [2.75, 3.05) is 6.61 Å². The van der Waals surface area contributed by atoms with Crippen molar-refractivity contribution in [1.29, 1.82) is 0 Å². The number of sulfonamides is 1. The van der Waals surface area contributed by atoms with Crippen LogP contribution in [0.1, 0.15) is 15.3 Å². The number of aryl methyl sites for hydroxylation is 1. The van der Waals surface area contributed by atoms with Crippen LogP contribution in [0.5, 0.6) is 0 Å². The number of aliphatic hydroxyl groups excluding tert-OH is 1. The number of benzene rings is 1. The molecule has 4 nitrogen and oxygen atoms in total. The summed E-state index contributed by atoms with van der Waals surface area (Å²) < 4.78 is 26.8. The van der Waals surface area contributed by atoms with Crippen LogP contribution in [0.15, 0.2) is 41.3 Å². The smallest absolute Gasteiger partial charge is 0.240 e. The molecule has 0 spiro atoms. The first kappa shape index (κ1) is 15.2. The summed E-state index contributed by atoms with van der Waals surface area (Å²) in [5.74, 6) is 0. The molecule has 2 aromatic rings. The van der Waals surface area contributed by atoms with E-state index in [-0.39, 0.29) is 11.5 Å². The van der Waals surface area contributed by atoms with E-state index in [1.54, 1.807) is 35.6 Å². The van der Waals surface area contributed by atoms with Crippen molar-refractivity contribution in [3.63, 3.8) is 0 Å². The molecule has 1 aromatic carbocycles. The molecule has 108 valence electrons. The molecule has 0 bridgehead atoms. The van der Waals surface area contributed by atoms with Crippen LogP contribution in [-0.4, -0.2) is 20.1 Å². The maximum Gasteiger partial charge on any atom is 0.240 e. The summed E-state index contributed by atoms with van der Waals surface area (Å²) >= 11 is 1.58. The van der Waals surface area contributed by atoms with E-state index in [1.165, 1.54) is 0 Å². The minimum absolute atomic E-state index is 0.0576. The van der Waals surface area contributed by atoms with E-state index in [4.69, 9.17) is 5.11 Å². The van der Waals surface area contributed by atoms with Crippen molar-refractivity contribution in [2.45, 2.75) is 24.8 Å². The van der Waals surface area contributed by atoms with E-state index in [9.17, 15) is 8.42 Å².